The Morgan fingerprint density at radius 1 is 1.45 bits per heavy atom. The minimum atomic E-state index is -2.86. The largest absolute Gasteiger partial charge is 0.347 e. The normalized spacial score (nSPS) is 20.6. The Morgan fingerprint density at radius 2 is 2.25 bits per heavy atom. The van der Waals surface area contributed by atoms with Crippen molar-refractivity contribution < 1.29 is 8.42 Å². The lowest BCUT2D eigenvalue weighted by Crippen LogP contribution is -2.27. The predicted octanol–water partition coefficient (Wildman–Crippen LogP) is 1.83. The fourth-order valence-electron chi connectivity index (χ4n) is 2.22. The zero-order valence-electron chi connectivity index (χ0n) is 12.1. The summed E-state index contributed by atoms with van der Waals surface area (Å²) in [7, 11) is -2.86. The number of aromatic nitrogens is 1. The lowest BCUT2D eigenvalue weighted by molar-refractivity contribution is 0.560. The molecule has 0 spiro atoms. The van der Waals surface area contributed by atoms with Crippen molar-refractivity contribution in [1.29, 1.82) is 0 Å². The Bertz CT molecular complexity index is 527. The SMILES string of the molecule is CCCNC(C)c1csc(N2CCCS(=O)(=O)CC2)n1. The molecule has 0 amide bonds. The van der Waals surface area contributed by atoms with Gasteiger partial charge in [0.15, 0.2) is 15.0 Å². The van der Waals surface area contributed by atoms with Crippen LogP contribution in [0.3, 0.4) is 0 Å². The standard InChI is InChI=1S/C13H23N3O2S2/c1-3-5-14-11(2)12-10-19-13(15-12)16-6-4-8-20(17,18)9-7-16/h10-11,14H,3-9H2,1-2H3. The van der Waals surface area contributed by atoms with Gasteiger partial charge in [0.25, 0.3) is 0 Å². The van der Waals surface area contributed by atoms with E-state index in [4.69, 9.17) is 0 Å². The van der Waals surface area contributed by atoms with Crippen LogP contribution in [0.4, 0.5) is 5.13 Å². The Balaban J connectivity index is 2.01. The first kappa shape index (κ1) is 15.7. The third-order valence-corrected chi connectivity index (χ3v) is 6.12. The van der Waals surface area contributed by atoms with Crippen molar-refractivity contribution in [1.82, 2.24) is 10.3 Å². The van der Waals surface area contributed by atoms with Crippen molar-refractivity contribution >= 4 is 26.3 Å². The van der Waals surface area contributed by atoms with Crippen LogP contribution in [-0.4, -0.2) is 44.5 Å². The molecule has 0 aromatic carbocycles. The summed E-state index contributed by atoms with van der Waals surface area (Å²) in [5.74, 6) is 0.543. The highest BCUT2D eigenvalue weighted by Crippen LogP contribution is 2.25. The summed E-state index contributed by atoms with van der Waals surface area (Å²) in [5, 5.41) is 6.44. The van der Waals surface area contributed by atoms with Gasteiger partial charge in [-0.3, -0.25) is 0 Å². The van der Waals surface area contributed by atoms with Crippen LogP contribution in [0.1, 0.15) is 38.4 Å². The van der Waals surface area contributed by atoms with Gasteiger partial charge in [0.2, 0.25) is 0 Å². The van der Waals surface area contributed by atoms with Gasteiger partial charge in [0.1, 0.15) is 0 Å². The molecule has 2 rings (SSSR count). The Labute approximate surface area is 125 Å². The van der Waals surface area contributed by atoms with Crippen LogP contribution in [0.2, 0.25) is 0 Å². The van der Waals surface area contributed by atoms with Crippen molar-refractivity contribution in [2.45, 2.75) is 32.7 Å². The van der Waals surface area contributed by atoms with Gasteiger partial charge < -0.3 is 10.2 Å². The molecule has 114 valence electrons. The molecule has 7 heteroatoms. The molecule has 0 saturated carbocycles. The lowest BCUT2D eigenvalue weighted by Gasteiger charge is -2.18. The molecular formula is C13H23N3O2S2. The molecule has 5 nitrogen and oxygen atoms in total. The second-order valence-corrected chi connectivity index (χ2v) is 8.36. The second kappa shape index (κ2) is 6.87. The zero-order chi connectivity index (χ0) is 14.6. The van der Waals surface area contributed by atoms with Crippen molar-refractivity contribution in [3.05, 3.63) is 11.1 Å². The summed E-state index contributed by atoms with van der Waals surface area (Å²) in [6.45, 7) is 6.58. The fourth-order valence-corrected chi connectivity index (χ4v) is 4.46. The molecule has 0 aliphatic carbocycles. The number of hydrogen-bond acceptors (Lipinski definition) is 6. The number of nitrogens with one attached hydrogen (secondary N) is 1. The van der Waals surface area contributed by atoms with E-state index in [2.05, 4.69) is 34.4 Å². The Morgan fingerprint density at radius 3 is 3.00 bits per heavy atom. The highest BCUT2D eigenvalue weighted by molar-refractivity contribution is 7.91. The molecule has 1 atom stereocenters. The van der Waals surface area contributed by atoms with Crippen molar-refractivity contribution in [2.75, 3.05) is 36.0 Å². The first-order valence-corrected chi connectivity index (χ1v) is 9.86. The van der Waals surface area contributed by atoms with Gasteiger partial charge in [0, 0.05) is 24.5 Å². The summed E-state index contributed by atoms with van der Waals surface area (Å²) in [6.07, 6.45) is 1.80. The molecule has 1 aromatic heterocycles. The maximum Gasteiger partial charge on any atom is 0.185 e. The molecule has 1 aromatic rings. The number of nitrogens with zero attached hydrogens (tertiary/aromatic N) is 2. The van der Waals surface area contributed by atoms with Crippen molar-refractivity contribution in [2.24, 2.45) is 0 Å². The van der Waals surface area contributed by atoms with E-state index in [-0.39, 0.29) is 11.8 Å². The van der Waals surface area contributed by atoms with E-state index in [0.717, 1.165) is 30.3 Å². The fraction of sp³-hybridized carbons (Fsp3) is 0.769. The van der Waals surface area contributed by atoms with E-state index in [1.165, 1.54) is 0 Å². The molecule has 20 heavy (non-hydrogen) atoms. The van der Waals surface area contributed by atoms with E-state index in [1.54, 1.807) is 11.3 Å². The maximum atomic E-state index is 11.6. The van der Waals surface area contributed by atoms with Gasteiger partial charge in [-0.05, 0) is 26.3 Å². The topological polar surface area (TPSA) is 62.3 Å². The minimum absolute atomic E-state index is 0.242. The predicted molar refractivity (Wildman–Crippen MR) is 84.3 cm³/mol. The van der Waals surface area contributed by atoms with Gasteiger partial charge in [0.05, 0.1) is 17.2 Å². The maximum absolute atomic E-state index is 11.6. The van der Waals surface area contributed by atoms with Crippen molar-refractivity contribution in [3.8, 4) is 0 Å². The Hall–Kier alpha value is -0.660. The molecule has 1 unspecified atom stereocenters. The third kappa shape index (κ3) is 4.17. The number of sulfone groups is 1. The lowest BCUT2D eigenvalue weighted by atomic mass is 10.2. The van der Waals surface area contributed by atoms with Crippen LogP contribution in [0.15, 0.2) is 5.38 Å². The quantitative estimate of drug-likeness (QED) is 0.897. The van der Waals surface area contributed by atoms with E-state index >= 15 is 0 Å². The van der Waals surface area contributed by atoms with Crippen LogP contribution in [0.5, 0.6) is 0 Å². The molecule has 1 N–H and O–H groups in total. The van der Waals surface area contributed by atoms with Gasteiger partial charge >= 0.3 is 0 Å². The summed E-state index contributed by atoms with van der Waals surface area (Å²) >= 11 is 1.61. The van der Waals surface area contributed by atoms with Crippen LogP contribution < -0.4 is 10.2 Å². The zero-order valence-corrected chi connectivity index (χ0v) is 13.8. The summed E-state index contributed by atoms with van der Waals surface area (Å²) in [6, 6.07) is 0.246. The second-order valence-electron chi connectivity index (χ2n) is 5.22. The molecule has 2 heterocycles. The van der Waals surface area contributed by atoms with E-state index < -0.39 is 9.84 Å². The molecule has 1 aliphatic rings. The number of rotatable bonds is 5. The molecule has 0 bridgehead atoms. The monoisotopic (exact) mass is 317 g/mol. The van der Waals surface area contributed by atoms with Crippen LogP contribution in [0, 0.1) is 0 Å². The molecule has 1 saturated heterocycles. The van der Waals surface area contributed by atoms with Crippen molar-refractivity contribution in [3.63, 3.8) is 0 Å². The van der Waals surface area contributed by atoms with Gasteiger partial charge in [-0.1, -0.05) is 6.92 Å². The summed E-state index contributed by atoms with van der Waals surface area (Å²) in [5.41, 5.74) is 1.05. The minimum Gasteiger partial charge on any atom is -0.347 e. The number of anilines is 1. The Kier molecular flexibility index (Phi) is 5.40. The van der Waals surface area contributed by atoms with E-state index in [1.807, 2.05) is 0 Å². The van der Waals surface area contributed by atoms with E-state index in [0.29, 0.717) is 18.7 Å². The average molecular weight is 317 g/mol. The third-order valence-electron chi connectivity index (χ3n) is 3.48. The first-order chi connectivity index (χ1) is 9.52. The van der Waals surface area contributed by atoms with E-state index in [9.17, 15) is 8.42 Å². The first-order valence-electron chi connectivity index (χ1n) is 7.16. The highest BCUT2D eigenvalue weighted by atomic mass is 32.2. The average Bonchev–Trinajstić information content (AvgIpc) is 2.82. The molecule has 0 radical (unpaired) electrons. The van der Waals surface area contributed by atoms with Gasteiger partial charge in [-0.25, -0.2) is 13.4 Å². The molecule has 1 fully saturated rings. The number of thiazole rings is 1. The van der Waals surface area contributed by atoms with Crippen LogP contribution in [0.25, 0.3) is 0 Å². The summed E-state index contributed by atoms with van der Waals surface area (Å²) < 4.78 is 23.3. The van der Waals surface area contributed by atoms with Crippen LogP contribution >= 0.6 is 11.3 Å². The summed E-state index contributed by atoms with van der Waals surface area (Å²) in [4.78, 5) is 6.77. The number of hydrogen-bond donors (Lipinski definition) is 1. The van der Waals surface area contributed by atoms with Gasteiger partial charge in [-0.2, -0.15) is 0 Å². The smallest absolute Gasteiger partial charge is 0.185 e. The van der Waals surface area contributed by atoms with Gasteiger partial charge in [-0.15, -0.1) is 11.3 Å². The highest BCUT2D eigenvalue weighted by Gasteiger charge is 2.21. The molecular weight excluding hydrogens is 294 g/mol. The molecule has 1 aliphatic heterocycles. The van der Waals surface area contributed by atoms with Crippen LogP contribution in [-0.2, 0) is 9.84 Å².